The molecule has 6 heteroatoms. The van der Waals surface area contributed by atoms with E-state index in [1.807, 2.05) is 31.2 Å². The normalized spacial score (nSPS) is 12.7. The quantitative estimate of drug-likeness (QED) is 0.479. The Bertz CT molecular complexity index is 814. The van der Waals surface area contributed by atoms with Crippen LogP contribution in [0, 0.1) is 5.92 Å². The molecule has 0 aliphatic rings. The molecule has 6 nitrogen and oxygen atoms in total. The molecule has 2 aromatic carbocycles. The number of fused-ring (bicyclic) bond motifs is 1. The fraction of sp³-hybridized carbons (Fsp3) is 0.316. The molecule has 1 amide bonds. The van der Waals surface area contributed by atoms with Crippen LogP contribution in [0.25, 0.3) is 10.8 Å². The van der Waals surface area contributed by atoms with Gasteiger partial charge in [0.2, 0.25) is 0 Å². The number of esters is 1. The summed E-state index contributed by atoms with van der Waals surface area (Å²) in [4.78, 5) is 24.2. The smallest absolute Gasteiger partial charge is 0.314 e. The number of carbonyl (C=O) groups is 2. The number of benzene rings is 2. The number of phenols is 1. The van der Waals surface area contributed by atoms with Gasteiger partial charge in [-0.25, -0.2) is 5.43 Å². The lowest BCUT2D eigenvalue weighted by atomic mass is 10.0. The molecule has 0 heterocycles. The van der Waals surface area contributed by atoms with E-state index in [2.05, 4.69) is 10.5 Å². The van der Waals surface area contributed by atoms with Crippen molar-refractivity contribution in [3.63, 3.8) is 0 Å². The third-order valence-electron chi connectivity index (χ3n) is 3.93. The first-order valence-electron chi connectivity index (χ1n) is 8.20. The van der Waals surface area contributed by atoms with Crippen LogP contribution in [-0.4, -0.2) is 29.3 Å². The van der Waals surface area contributed by atoms with E-state index in [1.54, 1.807) is 19.9 Å². The van der Waals surface area contributed by atoms with Crippen molar-refractivity contribution in [2.75, 3.05) is 6.61 Å². The number of carbonyl (C=O) groups excluding carboxylic acids is 2. The van der Waals surface area contributed by atoms with Gasteiger partial charge in [-0.1, -0.05) is 31.2 Å². The number of aromatic hydroxyl groups is 1. The number of hydrazone groups is 1. The Hall–Kier alpha value is -2.89. The molecule has 132 valence electrons. The van der Waals surface area contributed by atoms with Gasteiger partial charge in [-0.2, -0.15) is 5.10 Å². The minimum absolute atomic E-state index is 0.124. The molecular formula is C19H22N2O4. The Kier molecular flexibility index (Phi) is 6.11. The summed E-state index contributed by atoms with van der Waals surface area (Å²) in [5, 5.41) is 15.8. The SMILES string of the molecule is CCOC(=O)[C@@H](CC)/C(C)=N/NC(=O)c1cc2ccccc2cc1O. The van der Waals surface area contributed by atoms with Crippen LogP contribution in [0.1, 0.15) is 37.6 Å². The Balaban J connectivity index is 2.18. The zero-order chi connectivity index (χ0) is 18.4. The summed E-state index contributed by atoms with van der Waals surface area (Å²) in [5.41, 5.74) is 2.98. The highest BCUT2D eigenvalue weighted by Crippen LogP contribution is 2.24. The molecule has 2 rings (SSSR count). The molecular weight excluding hydrogens is 320 g/mol. The largest absolute Gasteiger partial charge is 0.507 e. The van der Waals surface area contributed by atoms with Crippen LogP contribution < -0.4 is 5.43 Å². The van der Waals surface area contributed by atoms with Crippen LogP contribution in [0.4, 0.5) is 0 Å². The first-order chi connectivity index (χ1) is 12.0. The average molecular weight is 342 g/mol. The van der Waals surface area contributed by atoms with E-state index in [1.165, 1.54) is 6.07 Å². The second-order valence-electron chi connectivity index (χ2n) is 5.62. The number of nitrogens with one attached hydrogen (secondary N) is 1. The molecule has 0 saturated carbocycles. The van der Waals surface area contributed by atoms with E-state index in [0.717, 1.165) is 10.8 Å². The first-order valence-corrected chi connectivity index (χ1v) is 8.20. The molecule has 0 radical (unpaired) electrons. The van der Waals surface area contributed by atoms with Gasteiger partial charge in [-0.3, -0.25) is 9.59 Å². The summed E-state index contributed by atoms with van der Waals surface area (Å²) in [6.45, 7) is 5.53. The Morgan fingerprint density at radius 1 is 1.20 bits per heavy atom. The zero-order valence-electron chi connectivity index (χ0n) is 14.6. The summed E-state index contributed by atoms with van der Waals surface area (Å²) in [6, 6.07) is 10.6. The van der Waals surface area contributed by atoms with Gasteiger partial charge in [0.25, 0.3) is 5.91 Å². The summed E-state index contributed by atoms with van der Waals surface area (Å²) in [5.74, 6) is -1.54. The molecule has 0 aliphatic heterocycles. The standard InChI is InChI=1S/C19H22N2O4/c1-4-15(19(24)25-5-2)12(3)20-21-18(23)16-10-13-8-6-7-9-14(13)11-17(16)22/h6-11,15,22H,4-5H2,1-3H3,(H,21,23)/b20-12+/t15-/m0/s1. The third-order valence-corrected chi connectivity index (χ3v) is 3.93. The lowest BCUT2D eigenvalue weighted by Gasteiger charge is -2.13. The van der Waals surface area contributed by atoms with E-state index < -0.39 is 11.8 Å². The van der Waals surface area contributed by atoms with E-state index in [4.69, 9.17) is 4.74 Å². The highest BCUT2D eigenvalue weighted by Gasteiger charge is 2.21. The van der Waals surface area contributed by atoms with E-state index in [9.17, 15) is 14.7 Å². The van der Waals surface area contributed by atoms with Gasteiger partial charge in [0, 0.05) is 5.71 Å². The van der Waals surface area contributed by atoms with Gasteiger partial charge in [0.05, 0.1) is 18.1 Å². The molecule has 0 aromatic heterocycles. The summed E-state index contributed by atoms with van der Waals surface area (Å²) < 4.78 is 5.00. The number of phenolic OH excluding ortho intramolecular Hbond substituents is 1. The summed E-state index contributed by atoms with van der Waals surface area (Å²) >= 11 is 0. The molecule has 25 heavy (non-hydrogen) atoms. The van der Waals surface area contributed by atoms with Crippen molar-refractivity contribution in [2.24, 2.45) is 11.0 Å². The summed E-state index contributed by atoms with van der Waals surface area (Å²) in [7, 11) is 0. The van der Waals surface area contributed by atoms with Crippen LogP contribution >= 0.6 is 0 Å². The fourth-order valence-electron chi connectivity index (χ4n) is 2.56. The lowest BCUT2D eigenvalue weighted by molar-refractivity contribution is -0.145. The number of rotatable bonds is 6. The predicted octanol–water partition coefficient (Wildman–Crippen LogP) is 3.24. The van der Waals surface area contributed by atoms with Crippen molar-refractivity contribution in [3.05, 3.63) is 42.0 Å². The van der Waals surface area contributed by atoms with Crippen LogP contribution in [0.15, 0.2) is 41.5 Å². The number of ether oxygens (including phenoxy) is 1. The summed E-state index contributed by atoms with van der Waals surface area (Å²) in [6.07, 6.45) is 0.519. The second-order valence-corrected chi connectivity index (χ2v) is 5.62. The molecule has 2 N–H and O–H groups in total. The van der Waals surface area contributed by atoms with Crippen molar-refractivity contribution < 1.29 is 19.4 Å². The molecule has 0 spiro atoms. The van der Waals surface area contributed by atoms with Crippen molar-refractivity contribution in [1.29, 1.82) is 0 Å². The number of amides is 1. The zero-order valence-corrected chi connectivity index (χ0v) is 14.6. The predicted molar refractivity (Wildman–Crippen MR) is 96.6 cm³/mol. The first kappa shape index (κ1) is 18.4. The minimum atomic E-state index is -0.540. The molecule has 0 fully saturated rings. The van der Waals surface area contributed by atoms with Crippen molar-refractivity contribution in [2.45, 2.75) is 27.2 Å². The fourth-order valence-corrected chi connectivity index (χ4v) is 2.56. The highest BCUT2D eigenvalue weighted by atomic mass is 16.5. The van der Waals surface area contributed by atoms with Crippen molar-refractivity contribution in [3.8, 4) is 5.75 Å². The van der Waals surface area contributed by atoms with E-state index in [-0.39, 0.29) is 17.3 Å². The van der Waals surface area contributed by atoms with Crippen LogP contribution in [0.3, 0.4) is 0 Å². The average Bonchev–Trinajstić information content (AvgIpc) is 2.60. The Morgan fingerprint density at radius 3 is 2.44 bits per heavy atom. The maximum atomic E-state index is 12.3. The lowest BCUT2D eigenvalue weighted by Crippen LogP contribution is -2.27. The highest BCUT2D eigenvalue weighted by molar-refractivity contribution is 6.04. The number of hydrogen-bond donors (Lipinski definition) is 2. The van der Waals surface area contributed by atoms with Crippen molar-refractivity contribution >= 4 is 28.4 Å². The third kappa shape index (κ3) is 4.35. The monoisotopic (exact) mass is 342 g/mol. The van der Waals surface area contributed by atoms with Gasteiger partial charge >= 0.3 is 5.97 Å². The van der Waals surface area contributed by atoms with Gasteiger partial charge in [-0.15, -0.1) is 0 Å². The second kappa shape index (κ2) is 8.28. The number of nitrogens with zero attached hydrogens (tertiary/aromatic N) is 1. The van der Waals surface area contributed by atoms with E-state index >= 15 is 0 Å². The topological polar surface area (TPSA) is 88.0 Å². The van der Waals surface area contributed by atoms with Gasteiger partial charge in [-0.05, 0) is 43.2 Å². The molecule has 0 unspecified atom stereocenters. The number of hydrogen-bond acceptors (Lipinski definition) is 5. The van der Waals surface area contributed by atoms with E-state index in [0.29, 0.717) is 18.7 Å². The molecule has 0 aliphatic carbocycles. The maximum absolute atomic E-state index is 12.3. The Morgan fingerprint density at radius 2 is 1.84 bits per heavy atom. The van der Waals surface area contributed by atoms with Crippen LogP contribution in [0.2, 0.25) is 0 Å². The molecule has 0 saturated heterocycles. The van der Waals surface area contributed by atoms with Gasteiger partial charge in [0.15, 0.2) is 0 Å². The maximum Gasteiger partial charge on any atom is 0.314 e. The Labute approximate surface area is 146 Å². The van der Waals surface area contributed by atoms with Crippen molar-refractivity contribution in [1.82, 2.24) is 5.43 Å². The molecule has 0 bridgehead atoms. The van der Waals surface area contributed by atoms with Crippen LogP contribution in [0.5, 0.6) is 5.75 Å². The van der Waals surface area contributed by atoms with Gasteiger partial charge < -0.3 is 9.84 Å². The van der Waals surface area contributed by atoms with Gasteiger partial charge in [0.1, 0.15) is 5.75 Å². The molecule has 1 atom stereocenters. The minimum Gasteiger partial charge on any atom is -0.507 e. The van der Waals surface area contributed by atoms with Crippen LogP contribution in [-0.2, 0) is 9.53 Å². The molecule has 2 aromatic rings.